The molecule has 1 aliphatic heterocycles. The average Bonchev–Trinajstić information content (AvgIpc) is 2.99. The summed E-state index contributed by atoms with van der Waals surface area (Å²) in [6.45, 7) is 4.29. The van der Waals surface area contributed by atoms with Crippen LogP contribution in [0, 0.1) is 5.92 Å². The maximum atomic E-state index is 11.9. The minimum Gasteiger partial charge on any atom is -0.379 e. The Kier molecular flexibility index (Phi) is 10.8. The van der Waals surface area contributed by atoms with Crippen LogP contribution in [-0.2, 0) is 38.3 Å². The zero-order valence-corrected chi connectivity index (χ0v) is 17.0. The number of nitrogens with one attached hydrogen (secondary N) is 2. The van der Waals surface area contributed by atoms with Gasteiger partial charge in [-0.1, -0.05) is 13.8 Å². The molecule has 0 aliphatic carbocycles. The average molecular weight is 415 g/mol. The molecule has 11 heteroatoms. The molecule has 0 saturated carbocycles. The summed E-state index contributed by atoms with van der Waals surface area (Å²) in [5.41, 5.74) is 0. The summed E-state index contributed by atoms with van der Waals surface area (Å²) in [4.78, 5) is 62.5. The highest BCUT2D eigenvalue weighted by atomic mass is 16.7. The van der Waals surface area contributed by atoms with Gasteiger partial charge in [0.05, 0.1) is 32.8 Å². The summed E-state index contributed by atoms with van der Waals surface area (Å²) in [6.07, 6.45) is 0.0732. The highest BCUT2D eigenvalue weighted by Gasteiger charge is 2.32. The van der Waals surface area contributed by atoms with Crippen LogP contribution in [0.1, 0.15) is 39.5 Å². The largest absolute Gasteiger partial charge is 0.379 e. The molecule has 29 heavy (non-hydrogen) atoms. The van der Waals surface area contributed by atoms with Gasteiger partial charge in [0.1, 0.15) is 6.04 Å². The third-order valence-corrected chi connectivity index (χ3v) is 4.01. The zero-order chi connectivity index (χ0) is 21.8. The molecule has 11 nitrogen and oxygen atoms in total. The number of likely N-dealkylation sites (N-methyl/N-ethyl adjacent to an activating group) is 1. The fourth-order valence-corrected chi connectivity index (χ4v) is 2.38. The number of carbonyl (C=O) groups is 5. The van der Waals surface area contributed by atoms with Crippen LogP contribution in [0.5, 0.6) is 0 Å². The predicted molar refractivity (Wildman–Crippen MR) is 98.9 cm³/mol. The van der Waals surface area contributed by atoms with Gasteiger partial charge in [-0.15, -0.1) is 5.06 Å². The van der Waals surface area contributed by atoms with Crippen LogP contribution in [0.4, 0.5) is 0 Å². The van der Waals surface area contributed by atoms with Gasteiger partial charge in [-0.2, -0.15) is 0 Å². The van der Waals surface area contributed by atoms with E-state index in [-0.39, 0.29) is 69.8 Å². The SMILES string of the molecule is CNC(=O)[C@@H](NC(=O)CCOCCOCCC(=O)ON1C(=O)CCC1=O)C(C)C. The quantitative estimate of drug-likeness (QED) is 0.297. The van der Waals surface area contributed by atoms with Gasteiger partial charge >= 0.3 is 5.97 Å². The van der Waals surface area contributed by atoms with E-state index in [1.165, 1.54) is 7.05 Å². The second-order valence-corrected chi connectivity index (χ2v) is 6.67. The van der Waals surface area contributed by atoms with Crippen molar-refractivity contribution in [2.24, 2.45) is 5.92 Å². The lowest BCUT2D eigenvalue weighted by atomic mass is 10.0. The molecule has 0 bridgehead atoms. The van der Waals surface area contributed by atoms with E-state index in [1.54, 1.807) is 0 Å². The molecule has 1 atom stereocenters. The van der Waals surface area contributed by atoms with Crippen LogP contribution in [0.15, 0.2) is 0 Å². The normalized spacial score (nSPS) is 14.8. The van der Waals surface area contributed by atoms with E-state index in [9.17, 15) is 24.0 Å². The maximum absolute atomic E-state index is 11.9. The lowest BCUT2D eigenvalue weighted by molar-refractivity contribution is -0.198. The summed E-state index contributed by atoms with van der Waals surface area (Å²) in [5, 5.41) is 5.66. The topological polar surface area (TPSA) is 140 Å². The van der Waals surface area contributed by atoms with Crippen LogP contribution in [0.3, 0.4) is 0 Å². The van der Waals surface area contributed by atoms with Crippen LogP contribution >= 0.6 is 0 Å². The first-order valence-electron chi connectivity index (χ1n) is 9.49. The number of hydrogen-bond donors (Lipinski definition) is 2. The Morgan fingerprint density at radius 2 is 1.52 bits per heavy atom. The van der Waals surface area contributed by atoms with Gasteiger partial charge in [-0.25, -0.2) is 4.79 Å². The highest BCUT2D eigenvalue weighted by molar-refractivity contribution is 6.01. The maximum Gasteiger partial charge on any atom is 0.335 e. The molecular formula is C18H29N3O8. The van der Waals surface area contributed by atoms with E-state index in [4.69, 9.17) is 14.3 Å². The molecule has 1 saturated heterocycles. The molecule has 1 fully saturated rings. The van der Waals surface area contributed by atoms with Crippen molar-refractivity contribution in [2.75, 3.05) is 33.5 Å². The fraction of sp³-hybridized carbons (Fsp3) is 0.722. The van der Waals surface area contributed by atoms with E-state index in [0.29, 0.717) is 5.06 Å². The van der Waals surface area contributed by atoms with E-state index in [0.717, 1.165) is 0 Å². The zero-order valence-electron chi connectivity index (χ0n) is 17.0. The van der Waals surface area contributed by atoms with Crippen molar-refractivity contribution in [3.8, 4) is 0 Å². The van der Waals surface area contributed by atoms with Gasteiger partial charge < -0.3 is 24.9 Å². The Balaban J connectivity index is 2.06. The number of carbonyl (C=O) groups excluding carboxylic acids is 5. The van der Waals surface area contributed by atoms with Crippen molar-refractivity contribution in [3.63, 3.8) is 0 Å². The molecule has 164 valence electrons. The third-order valence-electron chi connectivity index (χ3n) is 4.01. The van der Waals surface area contributed by atoms with Gasteiger partial charge in [-0.3, -0.25) is 19.2 Å². The van der Waals surface area contributed by atoms with Crippen molar-refractivity contribution < 1.29 is 38.3 Å². The molecule has 1 rings (SSSR count). The molecule has 0 aromatic heterocycles. The summed E-state index contributed by atoms with van der Waals surface area (Å²) in [5.74, 6) is -2.38. The standard InChI is InChI=1S/C18H29N3O8/c1-12(2)17(18(26)19-3)20-13(22)6-8-27-10-11-28-9-7-16(25)29-21-14(23)4-5-15(21)24/h12,17H,4-11H2,1-3H3,(H,19,26)(H,20,22)/t17-/m0/s1. The minimum absolute atomic E-state index is 0.0402. The molecule has 1 aliphatic rings. The van der Waals surface area contributed by atoms with Gasteiger partial charge in [0.25, 0.3) is 11.8 Å². The lowest BCUT2D eigenvalue weighted by Crippen LogP contribution is -2.48. The van der Waals surface area contributed by atoms with Crippen molar-refractivity contribution in [1.29, 1.82) is 0 Å². The first kappa shape index (κ1) is 24.5. The number of hydrogen-bond acceptors (Lipinski definition) is 8. The van der Waals surface area contributed by atoms with E-state index in [2.05, 4.69) is 10.6 Å². The van der Waals surface area contributed by atoms with E-state index >= 15 is 0 Å². The summed E-state index contributed by atoms with van der Waals surface area (Å²) in [6, 6.07) is -0.596. The molecule has 0 aromatic carbocycles. The predicted octanol–water partition coefficient (Wildman–Crippen LogP) is -0.706. The Bertz CT molecular complexity index is 592. The molecule has 1 heterocycles. The summed E-state index contributed by atoms with van der Waals surface area (Å²) in [7, 11) is 1.51. The number of ether oxygens (including phenoxy) is 2. The van der Waals surface area contributed by atoms with Crippen LogP contribution in [-0.4, -0.2) is 74.2 Å². The fourth-order valence-electron chi connectivity index (χ4n) is 2.38. The molecule has 4 amide bonds. The van der Waals surface area contributed by atoms with Gasteiger partial charge in [0.15, 0.2) is 0 Å². The molecule has 0 aromatic rings. The van der Waals surface area contributed by atoms with E-state index in [1.807, 2.05) is 13.8 Å². The smallest absolute Gasteiger partial charge is 0.335 e. The Labute approximate surface area is 169 Å². The second-order valence-electron chi connectivity index (χ2n) is 6.67. The summed E-state index contributed by atoms with van der Waals surface area (Å²) < 4.78 is 10.5. The monoisotopic (exact) mass is 415 g/mol. The van der Waals surface area contributed by atoms with Crippen LogP contribution in [0.25, 0.3) is 0 Å². The molecule has 0 radical (unpaired) electrons. The molecular weight excluding hydrogens is 386 g/mol. The Morgan fingerprint density at radius 1 is 0.966 bits per heavy atom. The first-order valence-corrected chi connectivity index (χ1v) is 9.49. The minimum atomic E-state index is -0.734. The third kappa shape index (κ3) is 9.01. The molecule has 0 unspecified atom stereocenters. The van der Waals surface area contributed by atoms with Crippen molar-refractivity contribution >= 4 is 29.6 Å². The second kappa shape index (κ2) is 12.8. The number of rotatable bonds is 13. The van der Waals surface area contributed by atoms with Gasteiger partial charge in [-0.05, 0) is 5.92 Å². The Morgan fingerprint density at radius 3 is 2.03 bits per heavy atom. The number of nitrogens with zero attached hydrogens (tertiary/aromatic N) is 1. The number of imide groups is 1. The van der Waals surface area contributed by atoms with Crippen molar-refractivity contribution in [2.45, 2.75) is 45.6 Å². The van der Waals surface area contributed by atoms with Crippen LogP contribution < -0.4 is 10.6 Å². The van der Waals surface area contributed by atoms with Crippen molar-refractivity contribution in [1.82, 2.24) is 15.7 Å². The first-order chi connectivity index (χ1) is 13.8. The lowest BCUT2D eigenvalue weighted by Gasteiger charge is -2.20. The van der Waals surface area contributed by atoms with Gasteiger partial charge in [0.2, 0.25) is 11.8 Å². The van der Waals surface area contributed by atoms with E-state index < -0.39 is 23.8 Å². The molecule has 2 N–H and O–H groups in total. The van der Waals surface area contributed by atoms with Gasteiger partial charge in [0, 0.05) is 26.3 Å². The number of hydroxylamine groups is 2. The Hall–Kier alpha value is -2.53. The number of amides is 4. The molecule has 0 spiro atoms. The van der Waals surface area contributed by atoms with Crippen LogP contribution in [0.2, 0.25) is 0 Å². The highest BCUT2D eigenvalue weighted by Crippen LogP contribution is 2.12. The summed E-state index contributed by atoms with van der Waals surface area (Å²) >= 11 is 0. The van der Waals surface area contributed by atoms with Crippen molar-refractivity contribution in [3.05, 3.63) is 0 Å².